The van der Waals surface area contributed by atoms with Gasteiger partial charge in [-0.3, -0.25) is 9.59 Å². The Hall–Kier alpha value is -1.79. The third-order valence-electron chi connectivity index (χ3n) is 4.61. The summed E-state index contributed by atoms with van der Waals surface area (Å²) < 4.78 is 5.63. The number of halogens is 1. The van der Waals surface area contributed by atoms with Crippen LogP contribution in [0.15, 0.2) is 24.3 Å². The van der Waals surface area contributed by atoms with Crippen LogP contribution in [-0.2, 0) is 9.59 Å². The van der Waals surface area contributed by atoms with E-state index in [1.807, 2.05) is 36.1 Å². The molecule has 25 heavy (non-hydrogen) atoms. The number of hydrogen-bond acceptors (Lipinski definition) is 4. The van der Waals surface area contributed by atoms with Gasteiger partial charge in [-0.05, 0) is 26.0 Å². The first-order chi connectivity index (χ1) is 11.6. The molecule has 7 heteroatoms. The molecule has 2 atom stereocenters. The van der Waals surface area contributed by atoms with E-state index in [1.165, 1.54) is 0 Å². The van der Waals surface area contributed by atoms with Crippen molar-refractivity contribution in [3.05, 3.63) is 24.3 Å². The predicted octanol–water partition coefficient (Wildman–Crippen LogP) is 1.68. The van der Waals surface area contributed by atoms with Crippen molar-refractivity contribution in [2.75, 3.05) is 37.7 Å². The molecule has 2 amide bonds. The second-order valence-electron chi connectivity index (χ2n) is 6.45. The molecule has 0 aromatic heterocycles. The Bertz CT molecular complexity index is 625. The number of benzene rings is 1. The summed E-state index contributed by atoms with van der Waals surface area (Å²) in [4.78, 5) is 28.8. The summed E-state index contributed by atoms with van der Waals surface area (Å²) in [5.41, 5.74) is 0.758. The first-order valence-corrected chi connectivity index (χ1v) is 8.64. The largest absolute Gasteiger partial charge is 0.492 e. The van der Waals surface area contributed by atoms with E-state index in [0.29, 0.717) is 38.0 Å². The number of carbonyl (C=O) groups excluding carboxylic acids is 2. The third-order valence-corrected chi connectivity index (χ3v) is 4.61. The highest BCUT2D eigenvalue weighted by atomic mass is 35.5. The highest BCUT2D eigenvalue weighted by Crippen LogP contribution is 2.33. The molecule has 2 unspecified atom stereocenters. The second-order valence-corrected chi connectivity index (χ2v) is 6.45. The van der Waals surface area contributed by atoms with Gasteiger partial charge in [0.15, 0.2) is 0 Å². The summed E-state index contributed by atoms with van der Waals surface area (Å²) in [6.07, 6.45) is 0.275. The topological polar surface area (TPSA) is 61.9 Å². The van der Waals surface area contributed by atoms with E-state index in [9.17, 15) is 9.59 Å². The predicted molar refractivity (Wildman–Crippen MR) is 99.4 cm³/mol. The number of ether oxygens (including phenoxy) is 1. The van der Waals surface area contributed by atoms with Gasteiger partial charge in [0.1, 0.15) is 5.75 Å². The van der Waals surface area contributed by atoms with E-state index < -0.39 is 0 Å². The molecule has 1 aromatic carbocycles. The minimum atomic E-state index is -0.266. The van der Waals surface area contributed by atoms with Gasteiger partial charge in [0.25, 0.3) is 0 Å². The van der Waals surface area contributed by atoms with Gasteiger partial charge in [-0.15, -0.1) is 12.4 Å². The lowest BCUT2D eigenvalue weighted by Crippen LogP contribution is -2.53. The summed E-state index contributed by atoms with van der Waals surface area (Å²) in [5.74, 6) is 0.506. The van der Waals surface area contributed by atoms with Crippen molar-refractivity contribution in [1.82, 2.24) is 10.2 Å². The van der Waals surface area contributed by atoms with Crippen molar-refractivity contribution in [1.29, 1.82) is 0 Å². The Kier molecular flexibility index (Phi) is 6.67. The van der Waals surface area contributed by atoms with Crippen LogP contribution in [0.3, 0.4) is 0 Å². The normalized spacial score (nSPS) is 23.4. The number of carbonyl (C=O) groups is 2. The molecular formula is C18H26ClN3O3. The molecule has 1 aromatic rings. The van der Waals surface area contributed by atoms with Crippen molar-refractivity contribution < 1.29 is 14.3 Å². The molecule has 6 nitrogen and oxygen atoms in total. The van der Waals surface area contributed by atoms with Crippen molar-refractivity contribution >= 4 is 29.9 Å². The van der Waals surface area contributed by atoms with E-state index in [1.54, 1.807) is 4.90 Å². The SMILES string of the molecule is CCOc1ccccc1N1CC(C(=O)N2CCNC(C)C2)CC1=O.Cl. The molecule has 2 aliphatic heterocycles. The van der Waals surface area contributed by atoms with Crippen LogP contribution >= 0.6 is 12.4 Å². The fraction of sp³-hybridized carbons (Fsp3) is 0.556. The van der Waals surface area contributed by atoms with Gasteiger partial charge in [-0.2, -0.15) is 0 Å². The average molecular weight is 368 g/mol. The molecule has 3 rings (SSSR count). The maximum Gasteiger partial charge on any atom is 0.228 e. The van der Waals surface area contributed by atoms with Gasteiger partial charge >= 0.3 is 0 Å². The number of para-hydroxylation sites is 2. The van der Waals surface area contributed by atoms with Gasteiger partial charge in [0.05, 0.1) is 18.2 Å². The molecular weight excluding hydrogens is 342 g/mol. The number of nitrogens with one attached hydrogen (secondary N) is 1. The zero-order chi connectivity index (χ0) is 17.1. The molecule has 1 N–H and O–H groups in total. The summed E-state index contributed by atoms with van der Waals surface area (Å²) >= 11 is 0. The minimum Gasteiger partial charge on any atom is -0.492 e. The van der Waals surface area contributed by atoms with Crippen LogP contribution in [0.2, 0.25) is 0 Å². The van der Waals surface area contributed by atoms with E-state index in [2.05, 4.69) is 12.2 Å². The number of nitrogens with zero attached hydrogens (tertiary/aromatic N) is 2. The number of anilines is 1. The number of hydrogen-bond donors (Lipinski definition) is 1. The molecule has 0 radical (unpaired) electrons. The Morgan fingerprint density at radius 2 is 2.08 bits per heavy atom. The first-order valence-electron chi connectivity index (χ1n) is 8.64. The van der Waals surface area contributed by atoms with Gasteiger partial charge < -0.3 is 19.9 Å². The van der Waals surface area contributed by atoms with Gasteiger partial charge in [-0.25, -0.2) is 0 Å². The zero-order valence-electron chi connectivity index (χ0n) is 14.7. The molecule has 2 aliphatic rings. The summed E-state index contributed by atoms with van der Waals surface area (Å²) in [6, 6.07) is 7.81. The van der Waals surface area contributed by atoms with E-state index in [0.717, 1.165) is 12.2 Å². The average Bonchev–Trinajstić information content (AvgIpc) is 2.97. The van der Waals surface area contributed by atoms with Crippen LogP contribution in [0.1, 0.15) is 20.3 Å². The fourth-order valence-electron chi connectivity index (χ4n) is 3.45. The van der Waals surface area contributed by atoms with Crippen molar-refractivity contribution in [2.45, 2.75) is 26.3 Å². The summed E-state index contributed by atoms with van der Waals surface area (Å²) in [6.45, 7) is 7.19. The Morgan fingerprint density at radius 1 is 1.32 bits per heavy atom. The molecule has 2 saturated heterocycles. The maximum atomic E-state index is 12.8. The van der Waals surface area contributed by atoms with Gasteiger partial charge in [0.2, 0.25) is 11.8 Å². The van der Waals surface area contributed by atoms with Crippen molar-refractivity contribution in [2.24, 2.45) is 5.92 Å². The smallest absolute Gasteiger partial charge is 0.228 e. The maximum absolute atomic E-state index is 12.8. The molecule has 138 valence electrons. The third kappa shape index (κ3) is 4.25. The standard InChI is InChI=1S/C18H25N3O3.ClH/c1-3-24-16-7-5-4-6-15(16)21-12-14(10-17(21)22)18(23)20-9-8-19-13(2)11-20;/h4-7,13-14,19H,3,8-12H2,1-2H3;1H. The summed E-state index contributed by atoms with van der Waals surface area (Å²) in [5, 5.41) is 3.33. The number of piperazine rings is 1. The van der Waals surface area contributed by atoms with Crippen LogP contribution in [0.5, 0.6) is 5.75 Å². The van der Waals surface area contributed by atoms with Crippen LogP contribution < -0.4 is 15.0 Å². The van der Waals surface area contributed by atoms with E-state index in [-0.39, 0.29) is 36.6 Å². The molecule has 0 bridgehead atoms. The van der Waals surface area contributed by atoms with Crippen LogP contribution in [0, 0.1) is 5.92 Å². The Balaban J connectivity index is 0.00000225. The Morgan fingerprint density at radius 3 is 2.80 bits per heavy atom. The number of rotatable bonds is 4. The summed E-state index contributed by atoms with van der Waals surface area (Å²) in [7, 11) is 0. The highest BCUT2D eigenvalue weighted by Gasteiger charge is 2.38. The highest BCUT2D eigenvalue weighted by molar-refractivity contribution is 6.01. The fourth-order valence-corrected chi connectivity index (χ4v) is 3.45. The van der Waals surface area contributed by atoms with Gasteiger partial charge in [-0.1, -0.05) is 12.1 Å². The van der Waals surface area contributed by atoms with E-state index in [4.69, 9.17) is 4.74 Å². The van der Waals surface area contributed by atoms with E-state index >= 15 is 0 Å². The second kappa shape index (κ2) is 8.54. The minimum absolute atomic E-state index is 0. The van der Waals surface area contributed by atoms with Gasteiger partial charge in [0, 0.05) is 38.6 Å². The van der Waals surface area contributed by atoms with Crippen LogP contribution in [0.4, 0.5) is 5.69 Å². The van der Waals surface area contributed by atoms with Crippen molar-refractivity contribution in [3.8, 4) is 5.75 Å². The lowest BCUT2D eigenvalue weighted by atomic mass is 10.1. The van der Waals surface area contributed by atoms with Crippen LogP contribution in [0.25, 0.3) is 0 Å². The number of amides is 2. The molecule has 0 spiro atoms. The quantitative estimate of drug-likeness (QED) is 0.879. The lowest BCUT2D eigenvalue weighted by Gasteiger charge is -2.33. The monoisotopic (exact) mass is 367 g/mol. The lowest BCUT2D eigenvalue weighted by molar-refractivity contribution is -0.136. The zero-order valence-corrected chi connectivity index (χ0v) is 15.6. The molecule has 0 saturated carbocycles. The molecule has 2 fully saturated rings. The molecule has 2 heterocycles. The first kappa shape index (κ1) is 19.5. The van der Waals surface area contributed by atoms with Crippen molar-refractivity contribution in [3.63, 3.8) is 0 Å². The molecule has 0 aliphatic carbocycles. The van der Waals surface area contributed by atoms with Crippen LogP contribution in [-0.4, -0.2) is 55.5 Å². The Labute approximate surface area is 154 Å².